The van der Waals surface area contributed by atoms with Crippen LogP contribution in [0.2, 0.25) is 0 Å². The Morgan fingerprint density at radius 2 is 1.13 bits per heavy atom. The van der Waals surface area contributed by atoms with Gasteiger partial charge in [0.05, 0.1) is 12.1 Å². The van der Waals surface area contributed by atoms with Crippen molar-refractivity contribution < 1.29 is 14.3 Å². The molecule has 0 aromatic heterocycles. The molecule has 2 amide bonds. The predicted molar refractivity (Wildman–Crippen MR) is 120 cm³/mol. The first-order valence-electron chi connectivity index (χ1n) is 11.3. The number of benzene rings is 2. The van der Waals surface area contributed by atoms with Crippen LogP contribution in [-0.2, 0) is 14.3 Å². The molecule has 2 fully saturated rings. The Balaban J connectivity index is 1.25. The summed E-state index contributed by atoms with van der Waals surface area (Å²) in [6, 6.07) is 20.1. The Labute approximate surface area is 184 Å². The van der Waals surface area contributed by atoms with Gasteiger partial charge in [-0.05, 0) is 47.6 Å². The van der Waals surface area contributed by atoms with Crippen molar-refractivity contribution in [1.82, 2.24) is 10.6 Å². The van der Waals surface area contributed by atoms with Crippen molar-refractivity contribution in [2.75, 3.05) is 13.2 Å². The summed E-state index contributed by atoms with van der Waals surface area (Å²) >= 11 is 0. The maximum atomic E-state index is 12.5. The van der Waals surface area contributed by atoms with Crippen LogP contribution in [0.15, 0.2) is 60.7 Å². The fourth-order valence-corrected chi connectivity index (χ4v) is 4.49. The predicted octanol–water partition coefficient (Wildman–Crippen LogP) is 4.03. The van der Waals surface area contributed by atoms with E-state index in [9.17, 15) is 9.59 Å². The Morgan fingerprint density at radius 1 is 0.774 bits per heavy atom. The Hall–Kier alpha value is -2.66. The summed E-state index contributed by atoms with van der Waals surface area (Å²) in [5, 5.41) is 6.21. The number of rotatable bonds is 10. The molecule has 2 saturated carbocycles. The minimum Gasteiger partial charge on any atom is -0.362 e. The minimum atomic E-state index is -0.184. The molecule has 0 radical (unpaired) electrons. The van der Waals surface area contributed by atoms with Crippen LogP contribution < -0.4 is 10.6 Å². The van der Waals surface area contributed by atoms with E-state index >= 15 is 0 Å². The van der Waals surface area contributed by atoms with Crippen LogP contribution in [0.25, 0.3) is 0 Å². The molecule has 6 atom stereocenters. The number of carbonyl (C=O) groups is 2. The second-order valence-electron chi connectivity index (χ2n) is 9.16. The zero-order valence-corrected chi connectivity index (χ0v) is 18.3. The fraction of sp³-hybridized carbons (Fsp3) is 0.462. The largest absolute Gasteiger partial charge is 0.362 e. The van der Waals surface area contributed by atoms with E-state index in [2.05, 4.69) is 24.5 Å². The molecule has 5 nitrogen and oxygen atoms in total. The Morgan fingerprint density at radius 3 is 1.45 bits per heavy atom. The van der Waals surface area contributed by atoms with Crippen molar-refractivity contribution in [1.29, 1.82) is 0 Å². The van der Waals surface area contributed by atoms with Gasteiger partial charge < -0.3 is 15.4 Å². The molecule has 0 saturated heterocycles. The molecule has 0 heterocycles. The van der Waals surface area contributed by atoms with Gasteiger partial charge in [0, 0.05) is 0 Å². The molecular weight excluding hydrogens is 388 g/mol. The quantitative estimate of drug-likeness (QED) is 0.610. The van der Waals surface area contributed by atoms with Crippen molar-refractivity contribution in [3.05, 3.63) is 71.8 Å². The molecule has 31 heavy (non-hydrogen) atoms. The first kappa shape index (κ1) is 21.6. The lowest BCUT2D eigenvalue weighted by molar-refractivity contribution is -0.132. The third-order valence-corrected chi connectivity index (χ3v) is 6.62. The summed E-state index contributed by atoms with van der Waals surface area (Å²) in [4.78, 5) is 25.0. The van der Waals surface area contributed by atoms with Crippen LogP contribution >= 0.6 is 0 Å². The van der Waals surface area contributed by atoms with Gasteiger partial charge in [-0.2, -0.15) is 0 Å². The highest BCUT2D eigenvalue weighted by Crippen LogP contribution is 2.47. The lowest BCUT2D eigenvalue weighted by Crippen LogP contribution is -2.36. The number of hydrogen-bond donors (Lipinski definition) is 2. The van der Waals surface area contributed by atoms with Crippen molar-refractivity contribution in [3.63, 3.8) is 0 Å². The van der Waals surface area contributed by atoms with E-state index in [4.69, 9.17) is 4.74 Å². The summed E-state index contributed by atoms with van der Waals surface area (Å²) in [7, 11) is 0. The maximum Gasteiger partial charge on any atom is 0.246 e. The van der Waals surface area contributed by atoms with Crippen LogP contribution in [0.3, 0.4) is 0 Å². The van der Waals surface area contributed by atoms with E-state index in [0.29, 0.717) is 23.7 Å². The van der Waals surface area contributed by atoms with E-state index < -0.39 is 0 Å². The molecule has 164 valence electrons. The summed E-state index contributed by atoms with van der Waals surface area (Å²) in [5.41, 5.74) is 2.24. The van der Waals surface area contributed by atoms with E-state index in [1.165, 1.54) is 0 Å². The first-order chi connectivity index (χ1) is 15.0. The zero-order chi connectivity index (χ0) is 21.8. The van der Waals surface area contributed by atoms with E-state index in [0.717, 1.165) is 24.0 Å². The van der Waals surface area contributed by atoms with Gasteiger partial charge in [0.25, 0.3) is 0 Å². The summed E-state index contributed by atoms with van der Waals surface area (Å²) in [5.74, 6) is 1.77. The minimum absolute atomic E-state index is 0.0000539. The van der Waals surface area contributed by atoms with Crippen molar-refractivity contribution >= 4 is 11.8 Å². The highest BCUT2D eigenvalue weighted by molar-refractivity contribution is 5.80. The monoisotopic (exact) mass is 420 g/mol. The van der Waals surface area contributed by atoms with Gasteiger partial charge in [-0.15, -0.1) is 0 Å². The van der Waals surface area contributed by atoms with Gasteiger partial charge in [-0.1, -0.05) is 74.5 Å². The lowest BCUT2D eigenvalue weighted by Gasteiger charge is -2.20. The highest BCUT2D eigenvalue weighted by Gasteiger charge is 2.41. The molecule has 2 aliphatic carbocycles. The average Bonchev–Trinajstić information content (AvgIpc) is 3.69. The van der Waals surface area contributed by atoms with Crippen molar-refractivity contribution in [2.24, 2.45) is 23.7 Å². The molecule has 6 unspecified atom stereocenters. The summed E-state index contributed by atoms with van der Waals surface area (Å²) in [6.07, 6.45) is 2.23. The Bertz CT molecular complexity index is 813. The number of nitrogens with one attached hydrogen (secondary N) is 2. The van der Waals surface area contributed by atoms with Crippen LogP contribution in [0.5, 0.6) is 0 Å². The maximum absolute atomic E-state index is 12.5. The Kier molecular flexibility index (Phi) is 6.71. The van der Waals surface area contributed by atoms with Gasteiger partial charge in [0.1, 0.15) is 13.2 Å². The van der Waals surface area contributed by atoms with Crippen LogP contribution in [0, 0.1) is 23.7 Å². The normalized spacial score (nSPS) is 25.9. The molecule has 2 aromatic carbocycles. The number of amides is 2. The third kappa shape index (κ3) is 5.73. The van der Waals surface area contributed by atoms with Gasteiger partial charge >= 0.3 is 0 Å². The third-order valence-electron chi connectivity index (χ3n) is 6.62. The topological polar surface area (TPSA) is 67.4 Å². The van der Waals surface area contributed by atoms with E-state index in [1.54, 1.807) is 0 Å². The standard InChI is InChI=1S/C26H32N2O3/c1-17-13-21(17)25(19-9-5-3-6-10-19)27-23(29)15-31-16-24(30)28-26(22-14-18(22)2)20-11-7-4-8-12-20/h3-12,17-18,21-22,25-26H,13-16H2,1-2H3,(H,27,29)(H,28,30). The molecule has 2 aromatic rings. The lowest BCUT2D eigenvalue weighted by atomic mass is 10.0. The summed E-state index contributed by atoms with van der Waals surface area (Å²) in [6.45, 7) is 4.18. The van der Waals surface area contributed by atoms with E-state index in [-0.39, 0.29) is 37.1 Å². The van der Waals surface area contributed by atoms with Crippen molar-refractivity contribution in [2.45, 2.75) is 38.8 Å². The summed E-state index contributed by atoms with van der Waals surface area (Å²) < 4.78 is 5.46. The second-order valence-corrected chi connectivity index (χ2v) is 9.16. The number of carbonyl (C=O) groups excluding carboxylic acids is 2. The zero-order valence-electron chi connectivity index (χ0n) is 18.3. The molecule has 2 N–H and O–H groups in total. The van der Waals surface area contributed by atoms with E-state index in [1.807, 2.05) is 60.7 Å². The molecular formula is C26H32N2O3. The molecule has 0 aliphatic heterocycles. The molecule has 0 spiro atoms. The highest BCUT2D eigenvalue weighted by atomic mass is 16.5. The van der Waals surface area contributed by atoms with Crippen molar-refractivity contribution in [3.8, 4) is 0 Å². The van der Waals surface area contributed by atoms with Gasteiger partial charge in [0.2, 0.25) is 11.8 Å². The molecule has 2 aliphatic rings. The molecule has 0 bridgehead atoms. The van der Waals surface area contributed by atoms with Gasteiger partial charge in [0.15, 0.2) is 0 Å². The second kappa shape index (κ2) is 9.65. The fourth-order valence-electron chi connectivity index (χ4n) is 4.49. The molecule has 4 rings (SSSR count). The first-order valence-corrected chi connectivity index (χ1v) is 11.3. The smallest absolute Gasteiger partial charge is 0.246 e. The van der Waals surface area contributed by atoms with Gasteiger partial charge in [-0.3, -0.25) is 9.59 Å². The number of hydrogen-bond acceptors (Lipinski definition) is 3. The van der Waals surface area contributed by atoms with Crippen LogP contribution in [-0.4, -0.2) is 25.0 Å². The SMILES string of the molecule is CC1CC1C(NC(=O)COCC(=O)NC(c1ccccc1)C1CC1C)c1ccccc1. The van der Waals surface area contributed by atoms with Crippen LogP contribution in [0.1, 0.15) is 49.9 Å². The van der Waals surface area contributed by atoms with Gasteiger partial charge in [-0.25, -0.2) is 0 Å². The average molecular weight is 421 g/mol. The number of ether oxygens (including phenoxy) is 1. The van der Waals surface area contributed by atoms with Crippen LogP contribution in [0.4, 0.5) is 0 Å². The molecule has 5 heteroatoms.